The summed E-state index contributed by atoms with van der Waals surface area (Å²) in [6.45, 7) is 2.30. The van der Waals surface area contributed by atoms with E-state index in [-0.39, 0.29) is 11.7 Å². The van der Waals surface area contributed by atoms with Crippen LogP contribution in [0.15, 0.2) is 24.3 Å². The third kappa shape index (κ3) is 6.36. The van der Waals surface area contributed by atoms with Gasteiger partial charge >= 0.3 is 0 Å². The number of hydrogen-bond acceptors (Lipinski definition) is 3. The van der Waals surface area contributed by atoms with Crippen LogP contribution in [-0.4, -0.2) is 26.6 Å². The van der Waals surface area contributed by atoms with Crippen LogP contribution in [0.3, 0.4) is 0 Å². The molecule has 0 atom stereocenters. The highest BCUT2D eigenvalue weighted by molar-refractivity contribution is 7.89. The molecule has 18 heavy (non-hydrogen) atoms. The fraction of sp³-hybridized carbons (Fsp3) is 0.417. The standard InChI is InChI=1S/C12H18N2O3S/c1-10-3-5-11(6-4-10)9-12(15)14-7-2-8-18(13,16)17/h3-6H,2,7-9H2,1H3,(H,14,15)(H2,13,16,17). The Bertz CT molecular complexity index is 495. The number of nitrogens with two attached hydrogens (primary N) is 1. The van der Waals surface area contributed by atoms with Crippen LogP contribution < -0.4 is 10.5 Å². The average molecular weight is 270 g/mol. The highest BCUT2D eigenvalue weighted by Gasteiger charge is 2.05. The maximum atomic E-state index is 11.5. The molecule has 0 fully saturated rings. The van der Waals surface area contributed by atoms with E-state index < -0.39 is 10.0 Å². The summed E-state index contributed by atoms with van der Waals surface area (Å²) >= 11 is 0. The number of primary sulfonamides is 1. The molecule has 0 radical (unpaired) electrons. The maximum Gasteiger partial charge on any atom is 0.224 e. The number of hydrogen-bond donors (Lipinski definition) is 2. The zero-order valence-electron chi connectivity index (χ0n) is 10.3. The summed E-state index contributed by atoms with van der Waals surface area (Å²) in [5.74, 6) is -0.231. The molecule has 0 bridgehead atoms. The number of carbonyl (C=O) groups excluding carboxylic acids is 1. The Balaban J connectivity index is 2.28. The van der Waals surface area contributed by atoms with Crippen molar-refractivity contribution in [1.29, 1.82) is 0 Å². The van der Waals surface area contributed by atoms with Gasteiger partial charge in [-0.2, -0.15) is 0 Å². The fourth-order valence-electron chi connectivity index (χ4n) is 1.45. The molecule has 1 aromatic carbocycles. The van der Waals surface area contributed by atoms with Crippen LogP contribution in [0, 0.1) is 6.92 Å². The van der Waals surface area contributed by atoms with Crippen molar-refractivity contribution in [2.45, 2.75) is 19.8 Å². The maximum absolute atomic E-state index is 11.5. The molecule has 0 aliphatic rings. The van der Waals surface area contributed by atoms with E-state index >= 15 is 0 Å². The third-order valence-corrected chi connectivity index (χ3v) is 3.27. The smallest absolute Gasteiger partial charge is 0.224 e. The van der Waals surface area contributed by atoms with Crippen LogP contribution in [-0.2, 0) is 21.2 Å². The van der Waals surface area contributed by atoms with Crippen molar-refractivity contribution < 1.29 is 13.2 Å². The summed E-state index contributed by atoms with van der Waals surface area (Å²) in [5.41, 5.74) is 2.08. The van der Waals surface area contributed by atoms with Gasteiger partial charge < -0.3 is 5.32 Å². The Morgan fingerprint density at radius 2 is 1.89 bits per heavy atom. The molecule has 0 heterocycles. The van der Waals surface area contributed by atoms with Gasteiger partial charge in [0.1, 0.15) is 0 Å². The number of benzene rings is 1. The first kappa shape index (κ1) is 14.7. The molecule has 0 aromatic heterocycles. The van der Waals surface area contributed by atoms with E-state index in [1.165, 1.54) is 0 Å². The van der Waals surface area contributed by atoms with Gasteiger partial charge in [-0.15, -0.1) is 0 Å². The normalized spacial score (nSPS) is 11.2. The van der Waals surface area contributed by atoms with Gasteiger partial charge in [0.15, 0.2) is 0 Å². The molecule has 0 unspecified atom stereocenters. The molecule has 6 heteroatoms. The molecular weight excluding hydrogens is 252 g/mol. The quantitative estimate of drug-likeness (QED) is 0.730. The zero-order chi connectivity index (χ0) is 13.6. The second-order valence-corrected chi connectivity index (χ2v) is 5.97. The highest BCUT2D eigenvalue weighted by atomic mass is 32.2. The number of sulfonamides is 1. The summed E-state index contributed by atoms with van der Waals surface area (Å²) in [5, 5.41) is 7.51. The minimum atomic E-state index is -3.44. The number of rotatable bonds is 6. The van der Waals surface area contributed by atoms with Crippen LogP contribution in [0.1, 0.15) is 17.5 Å². The SMILES string of the molecule is Cc1ccc(CC(=O)NCCCS(N)(=O)=O)cc1. The minimum Gasteiger partial charge on any atom is -0.356 e. The Morgan fingerprint density at radius 1 is 1.28 bits per heavy atom. The summed E-state index contributed by atoms with van der Waals surface area (Å²) < 4.78 is 21.3. The summed E-state index contributed by atoms with van der Waals surface area (Å²) in [7, 11) is -3.44. The first-order chi connectivity index (χ1) is 8.37. The first-order valence-corrected chi connectivity index (χ1v) is 7.41. The minimum absolute atomic E-state index is 0.113. The Hall–Kier alpha value is -1.40. The van der Waals surface area contributed by atoms with Crippen LogP contribution in [0.2, 0.25) is 0 Å². The number of nitrogens with one attached hydrogen (secondary N) is 1. The van der Waals surface area contributed by atoms with E-state index in [0.717, 1.165) is 11.1 Å². The van der Waals surface area contributed by atoms with Crippen molar-refractivity contribution >= 4 is 15.9 Å². The Kier molecular flexibility index (Phi) is 5.30. The highest BCUT2D eigenvalue weighted by Crippen LogP contribution is 2.03. The first-order valence-electron chi connectivity index (χ1n) is 5.69. The van der Waals surface area contributed by atoms with Crippen molar-refractivity contribution in [2.75, 3.05) is 12.3 Å². The van der Waals surface area contributed by atoms with Crippen molar-refractivity contribution in [3.05, 3.63) is 35.4 Å². The molecule has 3 N–H and O–H groups in total. The number of amides is 1. The number of aryl methyl sites for hydroxylation is 1. The molecule has 0 aliphatic carbocycles. The van der Waals surface area contributed by atoms with Crippen LogP contribution in [0.25, 0.3) is 0 Å². The van der Waals surface area contributed by atoms with E-state index in [1.807, 2.05) is 31.2 Å². The van der Waals surface area contributed by atoms with Crippen molar-refractivity contribution in [1.82, 2.24) is 5.32 Å². The lowest BCUT2D eigenvalue weighted by Gasteiger charge is -2.05. The summed E-state index contributed by atoms with van der Waals surface area (Å²) in [6, 6.07) is 7.70. The summed E-state index contributed by atoms with van der Waals surface area (Å²) in [6.07, 6.45) is 0.633. The van der Waals surface area contributed by atoms with Gasteiger partial charge in [0.2, 0.25) is 15.9 Å². The van der Waals surface area contributed by atoms with Gasteiger partial charge in [-0.25, -0.2) is 13.6 Å². The van der Waals surface area contributed by atoms with E-state index in [9.17, 15) is 13.2 Å². The second kappa shape index (κ2) is 6.51. The Labute approximate surface area is 107 Å². The van der Waals surface area contributed by atoms with Crippen LogP contribution >= 0.6 is 0 Å². The molecule has 1 aromatic rings. The van der Waals surface area contributed by atoms with Crippen molar-refractivity contribution in [3.8, 4) is 0 Å². The van der Waals surface area contributed by atoms with E-state index in [2.05, 4.69) is 5.32 Å². The van der Waals surface area contributed by atoms with Crippen LogP contribution in [0.4, 0.5) is 0 Å². The topological polar surface area (TPSA) is 89.3 Å². The van der Waals surface area contributed by atoms with Gasteiger partial charge in [0.25, 0.3) is 0 Å². The largest absolute Gasteiger partial charge is 0.356 e. The molecule has 0 aliphatic heterocycles. The lowest BCUT2D eigenvalue weighted by Crippen LogP contribution is -2.28. The molecular formula is C12H18N2O3S. The molecule has 1 rings (SSSR count). The molecule has 100 valence electrons. The van der Waals surface area contributed by atoms with E-state index in [0.29, 0.717) is 19.4 Å². The summed E-state index contributed by atoms with van der Waals surface area (Å²) in [4.78, 5) is 11.5. The Morgan fingerprint density at radius 3 is 2.44 bits per heavy atom. The van der Waals surface area contributed by atoms with Crippen molar-refractivity contribution in [2.24, 2.45) is 5.14 Å². The van der Waals surface area contributed by atoms with Crippen molar-refractivity contribution in [3.63, 3.8) is 0 Å². The fourth-order valence-corrected chi connectivity index (χ4v) is 2.00. The van der Waals surface area contributed by atoms with E-state index in [4.69, 9.17) is 5.14 Å². The zero-order valence-corrected chi connectivity index (χ0v) is 11.2. The molecule has 0 saturated heterocycles. The molecule has 1 amide bonds. The molecule has 0 spiro atoms. The molecule has 5 nitrogen and oxygen atoms in total. The predicted molar refractivity (Wildman–Crippen MR) is 70.5 cm³/mol. The monoisotopic (exact) mass is 270 g/mol. The van der Waals surface area contributed by atoms with Gasteiger partial charge in [0.05, 0.1) is 12.2 Å². The lowest BCUT2D eigenvalue weighted by molar-refractivity contribution is -0.120. The van der Waals surface area contributed by atoms with Gasteiger partial charge in [-0.1, -0.05) is 29.8 Å². The van der Waals surface area contributed by atoms with Gasteiger partial charge in [-0.3, -0.25) is 4.79 Å². The lowest BCUT2D eigenvalue weighted by atomic mass is 10.1. The number of carbonyl (C=O) groups is 1. The van der Waals surface area contributed by atoms with E-state index in [1.54, 1.807) is 0 Å². The van der Waals surface area contributed by atoms with Crippen LogP contribution in [0.5, 0.6) is 0 Å². The second-order valence-electron chi connectivity index (χ2n) is 4.23. The average Bonchev–Trinajstić information content (AvgIpc) is 2.26. The molecule has 0 saturated carbocycles. The van der Waals surface area contributed by atoms with Gasteiger partial charge in [0, 0.05) is 6.54 Å². The predicted octanol–water partition coefficient (Wildman–Crippen LogP) is 0.332. The third-order valence-electron chi connectivity index (χ3n) is 2.41. The van der Waals surface area contributed by atoms with Gasteiger partial charge in [-0.05, 0) is 18.9 Å².